The van der Waals surface area contributed by atoms with Gasteiger partial charge in [-0.3, -0.25) is 4.79 Å². The molecule has 4 heteroatoms. The SMILES string of the molecule is CC(O)CNC(C)C(=O)N1CCCCC1. The molecule has 0 aromatic heterocycles. The van der Waals surface area contributed by atoms with Gasteiger partial charge >= 0.3 is 0 Å². The van der Waals surface area contributed by atoms with E-state index in [1.807, 2.05) is 11.8 Å². The number of nitrogens with one attached hydrogen (secondary N) is 1. The molecule has 1 aliphatic heterocycles. The fourth-order valence-electron chi connectivity index (χ4n) is 1.82. The van der Waals surface area contributed by atoms with Gasteiger partial charge in [0.25, 0.3) is 0 Å². The van der Waals surface area contributed by atoms with Crippen molar-refractivity contribution in [2.45, 2.75) is 45.3 Å². The quantitative estimate of drug-likeness (QED) is 0.710. The molecule has 88 valence electrons. The lowest BCUT2D eigenvalue weighted by molar-refractivity contribution is -0.134. The van der Waals surface area contributed by atoms with Gasteiger partial charge in [-0.05, 0) is 33.1 Å². The Balaban J connectivity index is 2.30. The van der Waals surface area contributed by atoms with Crippen molar-refractivity contribution in [3.05, 3.63) is 0 Å². The molecule has 1 fully saturated rings. The Morgan fingerprint density at radius 2 is 1.93 bits per heavy atom. The highest BCUT2D eigenvalue weighted by Gasteiger charge is 2.21. The molecular weight excluding hydrogens is 192 g/mol. The zero-order valence-electron chi connectivity index (χ0n) is 9.70. The molecule has 2 N–H and O–H groups in total. The molecule has 1 heterocycles. The highest BCUT2D eigenvalue weighted by Crippen LogP contribution is 2.09. The third-order valence-corrected chi connectivity index (χ3v) is 2.76. The van der Waals surface area contributed by atoms with Crippen LogP contribution in [-0.2, 0) is 4.79 Å². The first-order valence-electron chi connectivity index (χ1n) is 5.81. The van der Waals surface area contributed by atoms with Crippen molar-refractivity contribution in [3.8, 4) is 0 Å². The van der Waals surface area contributed by atoms with Gasteiger partial charge in [-0.1, -0.05) is 0 Å². The van der Waals surface area contributed by atoms with Crippen molar-refractivity contribution in [1.82, 2.24) is 10.2 Å². The monoisotopic (exact) mass is 214 g/mol. The molecule has 1 saturated heterocycles. The Morgan fingerprint density at radius 1 is 1.33 bits per heavy atom. The molecule has 0 radical (unpaired) electrons. The van der Waals surface area contributed by atoms with E-state index in [-0.39, 0.29) is 11.9 Å². The number of hydrogen-bond donors (Lipinski definition) is 2. The topological polar surface area (TPSA) is 52.6 Å². The highest BCUT2D eigenvalue weighted by atomic mass is 16.3. The van der Waals surface area contributed by atoms with Crippen LogP contribution < -0.4 is 5.32 Å². The van der Waals surface area contributed by atoms with Crippen molar-refractivity contribution < 1.29 is 9.90 Å². The number of nitrogens with zero attached hydrogens (tertiary/aromatic N) is 1. The van der Waals surface area contributed by atoms with Gasteiger partial charge in [0.2, 0.25) is 5.91 Å². The van der Waals surface area contributed by atoms with Crippen molar-refractivity contribution in [3.63, 3.8) is 0 Å². The summed E-state index contributed by atoms with van der Waals surface area (Å²) in [7, 11) is 0. The molecule has 0 saturated carbocycles. The van der Waals surface area contributed by atoms with Crippen molar-refractivity contribution in [2.75, 3.05) is 19.6 Å². The second-order valence-corrected chi connectivity index (χ2v) is 4.36. The summed E-state index contributed by atoms with van der Waals surface area (Å²) in [5.41, 5.74) is 0. The summed E-state index contributed by atoms with van der Waals surface area (Å²) < 4.78 is 0. The van der Waals surface area contributed by atoms with Crippen molar-refractivity contribution in [2.24, 2.45) is 0 Å². The molecule has 1 aliphatic rings. The lowest BCUT2D eigenvalue weighted by Gasteiger charge is -2.29. The van der Waals surface area contributed by atoms with Gasteiger partial charge in [-0.25, -0.2) is 0 Å². The Morgan fingerprint density at radius 3 is 2.47 bits per heavy atom. The molecule has 15 heavy (non-hydrogen) atoms. The molecule has 0 aromatic rings. The zero-order chi connectivity index (χ0) is 11.3. The summed E-state index contributed by atoms with van der Waals surface area (Å²) in [5, 5.41) is 12.1. The number of aliphatic hydroxyl groups excluding tert-OH is 1. The molecule has 2 unspecified atom stereocenters. The normalized spacial score (nSPS) is 21.1. The molecule has 0 aliphatic carbocycles. The molecule has 2 atom stereocenters. The number of hydrogen-bond acceptors (Lipinski definition) is 3. The molecule has 0 spiro atoms. The van der Waals surface area contributed by atoms with Crippen molar-refractivity contribution >= 4 is 5.91 Å². The minimum Gasteiger partial charge on any atom is -0.392 e. The average Bonchev–Trinajstić information content (AvgIpc) is 2.26. The molecular formula is C11H22N2O2. The first-order valence-corrected chi connectivity index (χ1v) is 5.81. The molecule has 4 nitrogen and oxygen atoms in total. The number of amides is 1. The van der Waals surface area contributed by atoms with Gasteiger partial charge in [-0.15, -0.1) is 0 Å². The summed E-state index contributed by atoms with van der Waals surface area (Å²) in [6.07, 6.45) is 3.07. The van der Waals surface area contributed by atoms with Crippen LogP contribution in [0.3, 0.4) is 0 Å². The maximum absolute atomic E-state index is 11.9. The maximum Gasteiger partial charge on any atom is 0.239 e. The lowest BCUT2D eigenvalue weighted by Crippen LogP contribution is -2.48. The minimum absolute atomic E-state index is 0.162. The van der Waals surface area contributed by atoms with Gasteiger partial charge in [0, 0.05) is 19.6 Å². The summed E-state index contributed by atoms with van der Waals surface area (Å²) in [6.45, 7) is 5.82. The summed E-state index contributed by atoms with van der Waals surface area (Å²) in [5.74, 6) is 0.162. The van der Waals surface area contributed by atoms with Gasteiger partial charge in [0.05, 0.1) is 12.1 Å². The third-order valence-electron chi connectivity index (χ3n) is 2.76. The van der Waals surface area contributed by atoms with Gasteiger partial charge in [0.1, 0.15) is 0 Å². The van der Waals surface area contributed by atoms with E-state index in [2.05, 4.69) is 5.32 Å². The van der Waals surface area contributed by atoms with Crippen LogP contribution >= 0.6 is 0 Å². The predicted molar refractivity (Wildman–Crippen MR) is 59.6 cm³/mol. The fraction of sp³-hybridized carbons (Fsp3) is 0.909. The Hall–Kier alpha value is -0.610. The van der Waals surface area contributed by atoms with E-state index in [0.29, 0.717) is 6.54 Å². The van der Waals surface area contributed by atoms with Crippen LogP contribution in [0.25, 0.3) is 0 Å². The van der Waals surface area contributed by atoms with Gasteiger partial charge in [-0.2, -0.15) is 0 Å². The first-order chi connectivity index (χ1) is 7.11. The van der Waals surface area contributed by atoms with Crippen LogP contribution in [0.5, 0.6) is 0 Å². The first kappa shape index (κ1) is 12.5. The molecule has 1 rings (SSSR count). The number of aliphatic hydroxyl groups is 1. The second-order valence-electron chi connectivity index (χ2n) is 4.36. The summed E-state index contributed by atoms with van der Waals surface area (Å²) in [6, 6.07) is -0.183. The second kappa shape index (κ2) is 6.08. The van der Waals surface area contributed by atoms with E-state index < -0.39 is 6.10 Å². The van der Waals surface area contributed by atoms with Crippen LogP contribution in [0.1, 0.15) is 33.1 Å². The van der Waals surface area contributed by atoms with Crippen molar-refractivity contribution in [1.29, 1.82) is 0 Å². The number of carbonyl (C=O) groups excluding carboxylic acids is 1. The molecule has 0 bridgehead atoms. The standard InChI is InChI=1S/C11H22N2O2/c1-9(14)8-12-10(2)11(15)13-6-4-3-5-7-13/h9-10,12,14H,3-8H2,1-2H3. The van der Waals surface area contributed by atoms with E-state index >= 15 is 0 Å². The average molecular weight is 214 g/mol. The van der Waals surface area contributed by atoms with E-state index in [1.54, 1.807) is 6.92 Å². The smallest absolute Gasteiger partial charge is 0.239 e. The zero-order valence-corrected chi connectivity index (χ0v) is 9.70. The third kappa shape index (κ3) is 4.18. The van der Waals surface area contributed by atoms with Gasteiger partial charge in [0.15, 0.2) is 0 Å². The Labute approximate surface area is 91.6 Å². The minimum atomic E-state index is -0.401. The number of carbonyl (C=O) groups is 1. The number of piperidine rings is 1. The molecule has 1 amide bonds. The van der Waals surface area contributed by atoms with Crippen LogP contribution in [0, 0.1) is 0 Å². The van der Waals surface area contributed by atoms with Gasteiger partial charge < -0.3 is 15.3 Å². The molecule has 0 aromatic carbocycles. The fourth-order valence-corrected chi connectivity index (χ4v) is 1.82. The summed E-state index contributed by atoms with van der Waals surface area (Å²) in [4.78, 5) is 13.8. The lowest BCUT2D eigenvalue weighted by atomic mass is 10.1. The summed E-state index contributed by atoms with van der Waals surface area (Å²) >= 11 is 0. The maximum atomic E-state index is 11.9. The number of likely N-dealkylation sites (tertiary alicyclic amines) is 1. The van der Waals surface area contributed by atoms with E-state index in [0.717, 1.165) is 25.9 Å². The van der Waals surface area contributed by atoms with E-state index in [4.69, 9.17) is 5.11 Å². The predicted octanol–water partition coefficient (Wildman–Crippen LogP) is 0.358. The Kier molecular flexibility index (Phi) is 5.05. The van der Waals surface area contributed by atoms with Crippen LogP contribution in [0.15, 0.2) is 0 Å². The van der Waals surface area contributed by atoms with Crippen LogP contribution in [0.2, 0.25) is 0 Å². The van der Waals surface area contributed by atoms with E-state index in [9.17, 15) is 4.79 Å². The van der Waals surface area contributed by atoms with Crippen LogP contribution in [-0.4, -0.2) is 47.7 Å². The number of rotatable bonds is 4. The highest BCUT2D eigenvalue weighted by molar-refractivity contribution is 5.81. The van der Waals surface area contributed by atoms with E-state index in [1.165, 1.54) is 6.42 Å². The van der Waals surface area contributed by atoms with Crippen LogP contribution in [0.4, 0.5) is 0 Å². The Bertz CT molecular complexity index is 201. The largest absolute Gasteiger partial charge is 0.392 e.